The average molecular weight is 391 g/mol. The number of aliphatic carboxylic acids is 1. The van der Waals surface area contributed by atoms with Crippen LogP contribution in [0.3, 0.4) is 0 Å². The number of hydrogen-bond acceptors (Lipinski definition) is 5. The van der Waals surface area contributed by atoms with Gasteiger partial charge in [-0.05, 0) is 17.1 Å². The number of carbonyl (C=O) groups is 3. The van der Waals surface area contributed by atoms with Gasteiger partial charge < -0.3 is 20.5 Å². The molecule has 0 spiro atoms. The second kappa shape index (κ2) is 13.0. The van der Waals surface area contributed by atoms with Crippen LogP contribution in [0.1, 0.15) is 47.5 Å². The highest BCUT2D eigenvalue weighted by molar-refractivity contribution is 7.99. The average Bonchev–Trinajstić information content (AvgIpc) is 2.47. The van der Waals surface area contributed by atoms with Gasteiger partial charge in [0.05, 0.1) is 13.2 Å². The lowest BCUT2D eigenvalue weighted by Crippen LogP contribution is -2.43. The van der Waals surface area contributed by atoms with E-state index in [0.717, 1.165) is 5.75 Å². The number of nitrogens with one attached hydrogen (secondary N) is 2. The molecule has 0 unspecified atom stereocenters. The van der Waals surface area contributed by atoms with Crippen LogP contribution in [0.2, 0.25) is 0 Å². The summed E-state index contributed by atoms with van der Waals surface area (Å²) < 4.78 is 5.30. The van der Waals surface area contributed by atoms with Gasteiger partial charge in [-0.2, -0.15) is 11.8 Å². The highest BCUT2D eigenvalue weighted by Crippen LogP contribution is 2.20. The summed E-state index contributed by atoms with van der Waals surface area (Å²) in [7, 11) is 0. The molecule has 2 amide bonds. The molecule has 0 rings (SSSR count). The molecule has 0 aromatic heterocycles. The summed E-state index contributed by atoms with van der Waals surface area (Å²) in [6, 6.07) is -0.898. The fraction of sp³-hybridized carbons (Fsp3) is 0.833. The monoisotopic (exact) mass is 390 g/mol. The van der Waals surface area contributed by atoms with Crippen LogP contribution in [0.15, 0.2) is 0 Å². The summed E-state index contributed by atoms with van der Waals surface area (Å²) in [5.74, 6) is 0.0623. The SMILES string of the molecule is CC(C)CC(=O)NCCOCCC(=O)N[C@@H](CSCC(C)(C)C)C(=O)O. The van der Waals surface area contributed by atoms with E-state index in [1.807, 2.05) is 13.8 Å². The van der Waals surface area contributed by atoms with Crippen molar-refractivity contribution in [1.82, 2.24) is 10.6 Å². The van der Waals surface area contributed by atoms with Crippen LogP contribution in [0.5, 0.6) is 0 Å². The van der Waals surface area contributed by atoms with Crippen molar-refractivity contribution in [2.75, 3.05) is 31.3 Å². The van der Waals surface area contributed by atoms with E-state index in [9.17, 15) is 19.5 Å². The Morgan fingerprint density at radius 2 is 1.77 bits per heavy atom. The van der Waals surface area contributed by atoms with Crippen molar-refractivity contribution in [3.8, 4) is 0 Å². The highest BCUT2D eigenvalue weighted by atomic mass is 32.2. The summed E-state index contributed by atoms with van der Waals surface area (Å²) in [5, 5.41) is 14.5. The molecule has 7 nitrogen and oxygen atoms in total. The molecule has 0 aliphatic rings. The highest BCUT2D eigenvalue weighted by Gasteiger charge is 2.21. The fourth-order valence-corrected chi connectivity index (χ4v) is 3.09. The largest absolute Gasteiger partial charge is 0.480 e. The lowest BCUT2D eigenvalue weighted by atomic mass is 10.0. The minimum absolute atomic E-state index is 0.0154. The van der Waals surface area contributed by atoms with E-state index in [-0.39, 0.29) is 30.3 Å². The van der Waals surface area contributed by atoms with Crippen molar-refractivity contribution < 1.29 is 24.2 Å². The predicted octanol–water partition coefficient (Wildman–Crippen LogP) is 1.90. The number of carbonyl (C=O) groups excluding carboxylic acids is 2. The minimum Gasteiger partial charge on any atom is -0.480 e. The molecule has 26 heavy (non-hydrogen) atoms. The topological polar surface area (TPSA) is 105 Å². The number of hydrogen-bond donors (Lipinski definition) is 3. The predicted molar refractivity (Wildman–Crippen MR) is 104 cm³/mol. The Morgan fingerprint density at radius 1 is 1.12 bits per heavy atom. The van der Waals surface area contributed by atoms with E-state index < -0.39 is 12.0 Å². The molecule has 0 heterocycles. The van der Waals surface area contributed by atoms with Crippen molar-refractivity contribution in [3.63, 3.8) is 0 Å². The van der Waals surface area contributed by atoms with E-state index in [4.69, 9.17) is 4.74 Å². The van der Waals surface area contributed by atoms with Crippen molar-refractivity contribution in [1.29, 1.82) is 0 Å². The zero-order valence-electron chi connectivity index (χ0n) is 16.6. The number of amides is 2. The molecular formula is C18H34N2O5S. The zero-order valence-corrected chi connectivity index (χ0v) is 17.4. The molecular weight excluding hydrogens is 356 g/mol. The molecule has 0 aliphatic heterocycles. The molecule has 0 aromatic rings. The first kappa shape index (κ1) is 24.7. The normalized spacial score (nSPS) is 12.7. The number of thioether (sulfide) groups is 1. The Balaban J connectivity index is 3.89. The van der Waals surface area contributed by atoms with Gasteiger partial charge in [0.25, 0.3) is 0 Å². The maximum absolute atomic E-state index is 11.8. The number of carboxylic acid groups (broad SMARTS) is 1. The van der Waals surface area contributed by atoms with Gasteiger partial charge in [0.1, 0.15) is 6.04 Å². The van der Waals surface area contributed by atoms with Gasteiger partial charge in [0, 0.05) is 25.1 Å². The summed E-state index contributed by atoms with van der Waals surface area (Å²) in [4.78, 5) is 34.5. The summed E-state index contributed by atoms with van der Waals surface area (Å²) >= 11 is 1.51. The second-order valence-electron chi connectivity index (χ2n) is 7.84. The van der Waals surface area contributed by atoms with Crippen LogP contribution in [-0.4, -0.2) is 60.2 Å². The zero-order chi connectivity index (χ0) is 20.2. The molecule has 0 aliphatic carbocycles. The summed E-state index contributed by atoms with van der Waals surface area (Å²) in [5.41, 5.74) is 0.107. The van der Waals surface area contributed by atoms with E-state index >= 15 is 0 Å². The molecule has 0 aromatic carbocycles. The summed E-state index contributed by atoms with van der Waals surface area (Å²) in [6.07, 6.45) is 0.569. The lowest BCUT2D eigenvalue weighted by molar-refractivity contribution is -0.141. The van der Waals surface area contributed by atoms with Gasteiger partial charge in [-0.15, -0.1) is 0 Å². The number of rotatable bonds is 13. The molecule has 3 N–H and O–H groups in total. The Morgan fingerprint density at radius 3 is 2.31 bits per heavy atom. The van der Waals surface area contributed by atoms with Gasteiger partial charge in [0.2, 0.25) is 11.8 Å². The van der Waals surface area contributed by atoms with E-state index in [0.29, 0.717) is 31.2 Å². The Bertz CT molecular complexity index is 449. The van der Waals surface area contributed by atoms with Crippen molar-refractivity contribution in [3.05, 3.63) is 0 Å². The van der Waals surface area contributed by atoms with Crippen LogP contribution in [0.25, 0.3) is 0 Å². The smallest absolute Gasteiger partial charge is 0.327 e. The standard InChI is InChI=1S/C18H34N2O5S/c1-13(2)10-16(22)19-7-9-25-8-6-15(21)20-14(17(23)24)11-26-12-18(3,4)5/h13-14H,6-12H2,1-5H3,(H,19,22)(H,20,21)(H,23,24)/t14-/m0/s1. The third kappa shape index (κ3) is 15.0. The van der Waals surface area contributed by atoms with E-state index in [1.165, 1.54) is 11.8 Å². The van der Waals surface area contributed by atoms with Gasteiger partial charge >= 0.3 is 5.97 Å². The third-order valence-electron chi connectivity index (χ3n) is 3.09. The van der Waals surface area contributed by atoms with Crippen molar-refractivity contribution in [2.24, 2.45) is 11.3 Å². The van der Waals surface area contributed by atoms with Gasteiger partial charge in [0.15, 0.2) is 0 Å². The maximum atomic E-state index is 11.8. The Kier molecular flexibility index (Phi) is 12.3. The van der Waals surface area contributed by atoms with Crippen molar-refractivity contribution >= 4 is 29.5 Å². The van der Waals surface area contributed by atoms with Crippen LogP contribution in [-0.2, 0) is 19.1 Å². The van der Waals surface area contributed by atoms with Crippen LogP contribution in [0, 0.1) is 11.3 Å². The number of ether oxygens (including phenoxy) is 1. The van der Waals surface area contributed by atoms with E-state index in [1.54, 1.807) is 0 Å². The Labute approximate surface area is 161 Å². The molecule has 1 atom stereocenters. The Hall–Kier alpha value is -1.28. The fourth-order valence-electron chi connectivity index (χ4n) is 1.90. The lowest BCUT2D eigenvalue weighted by Gasteiger charge is -2.19. The molecule has 152 valence electrons. The third-order valence-corrected chi connectivity index (χ3v) is 4.73. The molecule has 0 saturated heterocycles. The first-order chi connectivity index (χ1) is 12.0. The number of carboxylic acids is 1. The molecule has 0 radical (unpaired) electrons. The van der Waals surface area contributed by atoms with Gasteiger partial charge in [-0.25, -0.2) is 4.79 Å². The molecule has 0 saturated carbocycles. The minimum atomic E-state index is -1.03. The second-order valence-corrected chi connectivity index (χ2v) is 8.87. The first-order valence-electron chi connectivity index (χ1n) is 8.95. The summed E-state index contributed by atoms with van der Waals surface area (Å²) in [6.45, 7) is 11.1. The molecule has 8 heteroatoms. The first-order valence-corrected chi connectivity index (χ1v) is 10.1. The van der Waals surface area contributed by atoms with Crippen LogP contribution >= 0.6 is 11.8 Å². The van der Waals surface area contributed by atoms with Crippen LogP contribution < -0.4 is 10.6 Å². The van der Waals surface area contributed by atoms with Crippen molar-refractivity contribution in [2.45, 2.75) is 53.5 Å². The van der Waals surface area contributed by atoms with Gasteiger partial charge in [-0.3, -0.25) is 9.59 Å². The van der Waals surface area contributed by atoms with Crippen LogP contribution in [0.4, 0.5) is 0 Å². The molecule has 0 fully saturated rings. The quantitative estimate of drug-likeness (QED) is 0.415. The van der Waals surface area contributed by atoms with Gasteiger partial charge in [-0.1, -0.05) is 34.6 Å². The molecule has 0 bridgehead atoms. The van der Waals surface area contributed by atoms with E-state index in [2.05, 4.69) is 31.4 Å². The maximum Gasteiger partial charge on any atom is 0.327 e.